The first kappa shape index (κ1) is 7.74. The summed E-state index contributed by atoms with van der Waals surface area (Å²) in [5.74, 6) is 0. The number of carbonyl (C=O) groups excluding carboxylic acids is 1. The standard InChI is InChI=1S/C4H9N3O2/c1-6-4(8)7-3(5)9-2/h1-2H3,(H3,5,6,7,8). The monoisotopic (exact) mass is 131 g/mol. The average Bonchev–Trinajstić information content (AvgIpc) is 1.87. The number of hydrogen-bond acceptors (Lipinski definition) is 2. The molecule has 0 aliphatic carbocycles. The van der Waals surface area contributed by atoms with Gasteiger partial charge in [-0.25, -0.2) is 4.79 Å². The van der Waals surface area contributed by atoms with Gasteiger partial charge in [0.05, 0.1) is 7.11 Å². The Bertz CT molecular complexity index is 132. The van der Waals surface area contributed by atoms with E-state index in [9.17, 15) is 4.79 Å². The maximum atomic E-state index is 10.3. The van der Waals surface area contributed by atoms with Crippen LogP contribution in [-0.2, 0) is 4.74 Å². The minimum absolute atomic E-state index is 0.144. The summed E-state index contributed by atoms with van der Waals surface area (Å²) < 4.78 is 4.39. The lowest BCUT2D eigenvalue weighted by Crippen LogP contribution is -2.21. The highest BCUT2D eigenvalue weighted by Gasteiger charge is 1.93. The molecule has 3 N–H and O–H groups in total. The number of hydrogen-bond donors (Lipinski definition) is 2. The Morgan fingerprint density at radius 1 is 1.78 bits per heavy atom. The molecule has 2 amide bonds. The smallest absolute Gasteiger partial charge is 0.345 e. The first-order valence-corrected chi connectivity index (χ1v) is 2.30. The van der Waals surface area contributed by atoms with Gasteiger partial charge in [0.1, 0.15) is 0 Å². The molecule has 0 aromatic rings. The number of ether oxygens (including phenoxy) is 1. The van der Waals surface area contributed by atoms with E-state index in [-0.39, 0.29) is 6.02 Å². The van der Waals surface area contributed by atoms with Crippen LogP contribution >= 0.6 is 0 Å². The molecule has 5 heteroatoms. The minimum atomic E-state index is -0.519. The van der Waals surface area contributed by atoms with Crippen LogP contribution in [0.3, 0.4) is 0 Å². The third kappa shape index (κ3) is 3.33. The fourth-order valence-electron chi connectivity index (χ4n) is 0.202. The molecule has 0 bridgehead atoms. The van der Waals surface area contributed by atoms with E-state index in [0.717, 1.165) is 0 Å². The number of aliphatic imine (C=N–C) groups is 1. The fourth-order valence-corrected chi connectivity index (χ4v) is 0.202. The molecule has 0 rings (SSSR count). The van der Waals surface area contributed by atoms with Gasteiger partial charge in [-0.1, -0.05) is 0 Å². The van der Waals surface area contributed by atoms with Gasteiger partial charge in [0.25, 0.3) is 6.02 Å². The maximum absolute atomic E-state index is 10.3. The van der Waals surface area contributed by atoms with Crippen LogP contribution in [0.2, 0.25) is 0 Å². The predicted octanol–water partition coefficient (Wildman–Crippen LogP) is -0.713. The van der Waals surface area contributed by atoms with Crippen LogP contribution < -0.4 is 11.1 Å². The van der Waals surface area contributed by atoms with Crippen molar-refractivity contribution >= 4 is 12.1 Å². The highest BCUT2D eigenvalue weighted by Crippen LogP contribution is 1.72. The molecule has 0 aliphatic rings. The largest absolute Gasteiger partial charge is 0.468 e. The molecule has 0 aromatic heterocycles. The highest BCUT2D eigenvalue weighted by atomic mass is 16.5. The molecule has 0 radical (unpaired) electrons. The molecule has 0 spiro atoms. The van der Waals surface area contributed by atoms with E-state index >= 15 is 0 Å². The maximum Gasteiger partial charge on any atom is 0.345 e. The molecule has 9 heavy (non-hydrogen) atoms. The van der Waals surface area contributed by atoms with Crippen molar-refractivity contribution in [3.8, 4) is 0 Å². The molecule has 0 saturated heterocycles. The van der Waals surface area contributed by atoms with E-state index < -0.39 is 6.03 Å². The predicted molar refractivity (Wildman–Crippen MR) is 33.1 cm³/mol. The molecule has 0 fully saturated rings. The molecule has 0 heterocycles. The van der Waals surface area contributed by atoms with Gasteiger partial charge in [-0.05, 0) is 0 Å². The Balaban J connectivity index is 3.79. The van der Waals surface area contributed by atoms with Crippen molar-refractivity contribution in [3.63, 3.8) is 0 Å². The van der Waals surface area contributed by atoms with Crippen molar-refractivity contribution in [3.05, 3.63) is 0 Å². The van der Waals surface area contributed by atoms with Crippen molar-refractivity contribution in [2.75, 3.05) is 14.2 Å². The molecule has 5 nitrogen and oxygen atoms in total. The number of nitrogens with zero attached hydrogens (tertiary/aromatic N) is 1. The summed E-state index contributed by atoms with van der Waals surface area (Å²) in [7, 11) is 2.79. The molecule has 0 unspecified atom stereocenters. The molecular formula is C4H9N3O2. The average molecular weight is 131 g/mol. The quantitative estimate of drug-likeness (QED) is 0.336. The normalized spacial score (nSPS) is 10.7. The number of nitrogens with two attached hydrogens (primary N) is 1. The number of rotatable bonds is 0. The summed E-state index contributed by atoms with van der Waals surface area (Å²) in [6.45, 7) is 0. The summed E-state index contributed by atoms with van der Waals surface area (Å²) in [4.78, 5) is 13.6. The van der Waals surface area contributed by atoms with Crippen molar-refractivity contribution in [1.82, 2.24) is 5.32 Å². The SMILES string of the molecule is CNC(=O)/N=C(\N)OC. The second-order valence-corrected chi connectivity index (χ2v) is 1.21. The van der Waals surface area contributed by atoms with Crippen LogP contribution in [0.1, 0.15) is 0 Å². The lowest BCUT2D eigenvalue weighted by atomic mass is 11.0. The van der Waals surface area contributed by atoms with Crippen molar-refractivity contribution in [2.45, 2.75) is 0 Å². The molecule has 0 aliphatic heterocycles. The Kier molecular flexibility index (Phi) is 3.19. The molecule has 0 saturated carbocycles. The Morgan fingerprint density at radius 3 is 2.67 bits per heavy atom. The zero-order valence-corrected chi connectivity index (χ0v) is 5.34. The lowest BCUT2D eigenvalue weighted by Gasteiger charge is -1.94. The minimum Gasteiger partial charge on any atom is -0.468 e. The van der Waals surface area contributed by atoms with Gasteiger partial charge in [-0.15, -0.1) is 4.99 Å². The van der Waals surface area contributed by atoms with E-state index in [1.54, 1.807) is 0 Å². The van der Waals surface area contributed by atoms with Gasteiger partial charge < -0.3 is 15.8 Å². The molecular weight excluding hydrogens is 122 g/mol. The van der Waals surface area contributed by atoms with Crippen molar-refractivity contribution < 1.29 is 9.53 Å². The van der Waals surface area contributed by atoms with Crippen LogP contribution in [0.25, 0.3) is 0 Å². The van der Waals surface area contributed by atoms with Gasteiger partial charge in [0.2, 0.25) is 0 Å². The fraction of sp³-hybridized carbons (Fsp3) is 0.500. The number of methoxy groups -OCH3 is 1. The van der Waals surface area contributed by atoms with Gasteiger partial charge in [0.15, 0.2) is 0 Å². The van der Waals surface area contributed by atoms with E-state index in [1.807, 2.05) is 0 Å². The van der Waals surface area contributed by atoms with Gasteiger partial charge in [-0.2, -0.15) is 0 Å². The third-order valence-electron chi connectivity index (χ3n) is 0.635. The summed E-state index contributed by atoms with van der Waals surface area (Å²) >= 11 is 0. The van der Waals surface area contributed by atoms with Crippen LogP contribution in [0.4, 0.5) is 4.79 Å². The van der Waals surface area contributed by atoms with Gasteiger partial charge >= 0.3 is 6.03 Å². The van der Waals surface area contributed by atoms with Crippen molar-refractivity contribution in [2.24, 2.45) is 10.7 Å². The number of nitrogens with one attached hydrogen (secondary N) is 1. The van der Waals surface area contributed by atoms with E-state index in [2.05, 4.69) is 15.0 Å². The van der Waals surface area contributed by atoms with E-state index in [4.69, 9.17) is 5.73 Å². The van der Waals surface area contributed by atoms with Crippen molar-refractivity contribution in [1.29, 1.82) is 0 Å². The third-order valence-corrected chi connectivity index (χ3v) is 0.635. The Labute approximate surface area is 52.9 Å². The number of urea groups is 1. The van der Waals surface area contributed by atoms with E-state index in [0.29, 0.717) is 0 Å². The van der Waals surface area contributed by atoms with Gasteiger partial charge in [-0.3, -0.25) is 0 Å². The molecule has 52 valence electrons. The number of carbonyl (C=O) groups is 1. The molecule has 0 atom stereocenters. The zero-order chi connectivity index (χ0) is 7.28. The first-order chi connectivity index (χ1) is 4.20. The topological polar surface area (TPSA) is 76.7 Å². The molecule has 0 aromatic carbocycles. The van der Waals surface area contributed by atoms with Crippen LogP contribution in [0.5, 0.6) is 0 Å². The summed E-state index contributed by atoms with van der Waals surface area (Å²) in [6, 6.07) is -0.663. The lowest BCUT2D eigenvalue weighted by molar-refractivity contribution is 0.250. The summed E-state index contributed by atoms with van der Waals surface area (Å²) in [5.41, 5.74) is 5.02. The first-order valence-electron chi connectivity index (χ1n) is 2.30. The summed E-state index contributed by atoms with van der Waals surface area (Å²) in [5, 5.41) is 2.24. The van der Waals surface area contributed by atoms with Crippen LogP contribution in [0, 0.1) is 0 Å². The number of amidine groups is 1. The van der Waals surface area contributed by atoms with E-state index in [1.165, 1.54) is 14.2 Å². The zero-order valence-electron chi connectivity index (χ0n) is 5.34. The Hall–Kier alpha value is -1.26. The number of amides is 2. The van der Waals surface area contributed by atoms with Crippen LogP contribution in [-0.4, -0.2) is 26.2 Å². The van der Waals surface area contributed by atoms with Crippen LogP contribution in [0.15, 0.2) is 4.99 Å². The Morgan fingerprint density at radius 2 is 2.33 bits per heavy atom. The van der Waals surface area contributed by atoms with Gasteiger partial charge in [0, 0.05) is 7.05 Å². The second-order valence-electron chi connectivity index (χ2n) is 1.21. The second kappa shape index (κ2) is 3.71. The summed E-state index contributed by atoms with van der Waals surface area (Å²) in [6.07, 6.45) is 0. The highest BCUT2D eigenvalue weighted by molar-refractivity contribution is 5.88.